The van der Waals surface area contributed by atoms with Crippen LogP contribution in [0.1, 0.15) is 35.4 Å². The fourth-order valence-electron chi connectivity index (χ4n) is 4.45. The molecule has 0 unspecified atom stereocenters. The van der Waals surface area contributed by atoms with Crippen molar-refractivity contribution in [1.82, 2.24) is 20.4 Å². The highest BCUT2D eigenvalue weighted by molar-refractivity contribution is 7.15. The van der Waals surface area contributed by atoms with Crippen LogP contribution in [0.5, 0.6) is 0 Å². The molecule has 1 fully saturated rings. The second kappa shape index (κ2) is 12.5. The monoisotopic (exact) mass is 557 g/mol. The van der Waals surface area contributed by atoms with E-state index in [4.69, 9.17) is 15.2 Å². The summed E-state index contributed by atoms with van der Waals surface area (Å²) in [4.78, 5) is 32.1. The third-order valence-corrected chi connectivity index (χ3v) is 8.08. The predicted octanol–water partition coefficient (Wildman–Crippen LogP) is 5.08. The van der Waals surface area contributed by atoms with Gasteiger partial charge in [-0.2, -0.15) is 0 Å². The number of benzene rings is 1. The first-order valence-corrected chi connectivity index (χ1v) is 13.7. The van der Waals surface area contributed by atoms with Crippen LogP contribution >= 0.6 is 35.1 Å². The molecule has 194 valence electrons. The fraction of sp³-hybridized carbons (Fsp3) is 0.308. The molecule has 0 bridgehead atoms. The van der Waals surface area contributed by atoms with Gasteiger partial charge in [-0.15, -0.1) is 35.1 Å². The van der Waals surface area contributed by atoms with Gasteiger partial charge in [0.2, 0.25) is 5.91 Å². The van der Waals surface area contributed by atoms with E-state index in [1.54, 1.807) is 0 Å². The maximum Gasteiger partial charge on any atom is 0.262 e. The zero-order valence-corrected chi connectivity index (χ0v) is 22.5. The molecule has 4 heterocycles. The summed E-state index contributed by atoms with van der Waals surface area (Å²) in [7, 11) is 0. The number of amides is 2. The quantitative estimate of drug-likeness (QED) is 0.277. The summed E-state index contributed by atoms with van der Waals surface area (Å²) < 4.78 is 5.54. The number of hydrogen-bond acceptors (Lipinski definition) is 8. The Morgan fingerprint density at radius 1 is 1.14 bits per heavy atom. The summed E-state index contributed by atoms with van der Waals surface area (Å²) in [6.45, 7) is 2.14. The normalized spacial score (nSPS) is 15.7. The van der Waals surface area contributed by atoms with Crippen LogP contribution in [0, 0.1) is 0 Å². The van der Waals surface area contributed by atoms with Gasteiger partial charge in [0, 0.05) is 35.7 Å². The first kappa shape index (κ1) is 27.0. The van der Waals surface area contributed by atoms with Gasteiger partial charge in [0.1, 0.15) is 21.3 Å². The van der Waals surface area contributed by atoms with Gasteiger partial charge < -0.3 is 15.6 Å². The average molecular weight is 558 g/mol. The Morgan fingerprint density at radius 3 is 2.78 bits per heavy atom. The van der Waals surface area contributed by atoms with Crippen molar-refractivity contribution in [3.8, 4) is 33.3 Å². The molecule has 5 rings (SSSR count). The fourth-order valence-corrected chi connectivity index (χ4v) is 6.17. The summed E-state index contributed by atoms with van der Waals surface area (Å²) in [5.41, 5.74) is 8.77. The molecule has 2 amide bonds. The van der Waals surface area contributed by atoms with Crippen molar-refractivity contribution >= 4 is 46.9 Å². The molecule has 11 heteroatoms. The third-order valence-electron chi connectivity index (χ3n) is 6.29. The topological polar surface area (TPSA) is 114 Å². The third kappa shape index (κ3) is 6.27. The minimum absolute atomic E-state index is 0. The number of halogens is 1. The number of likely N-dealkylation sites (tertiary alicyclic amines) is 1. The summed E-state index contributed by atoms with van der Waals surface area (Å²) in [6, 6.07) is 13.4. The molecular formula is C26H28ClN5O3S2. The molecule has 0 radical (unpaired) electrons. The Kier molecular flexibility index (Phi) is 9.09. The Bertz CT molecular complexity index is 1340. The first-order chi connectivity index (χ1) is 17.6. The first-order valence-electron chi connectivity index (χ1n) is 12.0. The van der Waals surface area contributed by atoms with E-state index < -0.39 is 0 Å². The predicted molar refractivity (Wildman–Crippen MR) is 149 cm³/mol. The van der Waals surface area contributed by atoms with E-state index in [0.717, 1.165) is 60.6 Å². The number of rotatable bonds is 9. The number of primary amides is 1. The molecule has 1 aliphatic rings. The lowest BCUT2D eigenvalue weighted by molar-refractivity contribution is -0.124. The summed E-state index contributed by atoms with van der Waals surface area (Å²) in [5, 5.41) is 11.8. The number of carbonyl (C=O) groups is 2. The van der Waals surface area contributed by atoms with Crippen molar-refractivity contribution in [2.45, 2.75) is 31.7 Å². The standard InChI is InChI=1S/C26H27N5O3S2.ClH/c27-24(32)21-9-4-5-12-31(21)13-6-11-28-25(33)23-18(10-14-35-23)26-29-20(16-36-26)22-15-19(30-34-22)17-7-2-1-3-8-17;/h1-3,7-8,10,14-16,21H,4-6,9,11-13H2,(H2,27,32)(H,28,33);1H/t21-;/m0./s1. The van der Waals surface area contributed by atoms with Crippen molar-refractivity contribution < 1.29 is 14.1 Å². The van der Waals surface area contributed by atoms with Gasteiger partial charge >= 0.3 is 0 Å². The highest BCUT2D eigenvalue weighted by Crippen LogP contribution is 2.34. The highest BCUT2D eigenvalue weighted by Gasteiger charge is 2.26. The van der Waals surface area contributed by atoms with E-state index in [-0.39, 0.29) is 30.3 Å². The highest BCUT2D eigenvalue weighted by atomic mass is 35.5. The molecule has 4 aromatic rings. The lowest BCUT2D eigenvalue weighted by Crippen LogP contribution is -2.48. The number of nitrogens with zero attached hydrogens (tertiary/aromatic N) is 3. The van der Waals surface area contributed by atoms with Gasteiger partial charge in [-0.05, 0) is 37.3 Å². The number of piperidine rings is 1. The molecule has 8 nitrogen and oxygen atoms in total. The average Bonchev–Trinajstić information content (AvgIpc) is 3.67. The Labute approximate surface area is 229 Å². The van der Waals surface area contributed by atoms with Gasteiger partial charge in [-0.3, -0.25) is 14.5 Å². The number of hydrogen-bond donors (Lipinski definition) is 2. The Morgan fingerprint density at radius 2 is 1.97 bits per heavy atom. The molecule has 1 aliphatic heterocycles. The van der Waals surface area contributed by atoms with E-state index in [0.29, 0.717) is 22.9 Å². The van der Waals surface area contributed by atoms with E-state index in [9.17, 15) is 9.59 Å². The van der Waals surface area contributed by atoms with Crippen molar-refractivity contribution in [2.75, 3.05) is 19.6 Å². The van der Waals surface area contributed by atoms with Gasteiger partial charge in [-0.25, -0.2) is 4.98 Å². The summed E-state index contributed by atoms with van der Waals surface area (Å²) in [5.74, 6) is 0.212. The molecular weight excluding hydrogens is 530 g/mol. The lowest BCUT2D eigenvalue weighted by atomic mass is 10.0. The van der Waals surface area contributed by atoms with Crippen molar-refractivity contribution in [1.29, 1.82) is 0 Å². The molecule has 1 saturated heterocycles. The van der Waals surface area contributed by atoms with Crippen LogP contribution in [-0.2, 0) is 4.79 Å². The van der Waals surface area contributed by atoms with E-state index in [1.165, 1.54) is 22.7 Å². The zero-order valence-electron chi connectivity index (χ0n) is 20.1. The van der Waals surface area contributed by atoms with E-state index in [2.05, 4.69) is 15.4 Å². The molecule has 0 spiro atoms. The van der Waals surface area contributed by atoms with Crippen LogP contribution in [0.4, 0.5) is 0 Å². The number of carbonyl (C=O) groups excluding carboxylic acids is 2. The maximum absolute atomic E-state index is 12.9. The maximum atomic E-state index is 12.9. The van der Waals surface area contributed by atoms with Gasteiger partial charge in [0.25, 0.3) is 5.91 Å². The zero-order chi connectivity index (χ0) is 24.9. The van der Waals surface area contributed by atoms with Gasteiger partial charge in [0.15, 0.2) is 5.76 Å². The number of aromatic nitrogens is 2. The second-order valence-corrected chi connectivity index (χ2v) is 10.5. The van der Waals surface area contributed by atoms with Crippen LogP contribution in [0.25, 0.3) is 33.3 Å². The Hall–Kier alpha value is -3.05. The molecule has 3 aromatic heterocycles. The van der Waals surface area contributed by atoms with Crippen LogP contribution in [0.15, 0.2) is 57.7 Å². The van der Waals surface area contributed by atoms with E-state index >= 15 is 0 Å². The molecule has 1 aromatic carbocycles. The number of nitrogens with two attached hydrogens (primary N) is 1. The minimum atomic E-state index is -0.258. The molecule has 3 N–H and O–H groups in total. The molecule has 37 heavy (non-hydrogen) atoms. The smallest absolute Gasteiger partial charge is 0.262 e. The van der Waals surface area contributed by atoms with Crippen molar-refractivity contribution in [3.05, 3.63) is 58.1 Å². The number of thiophene rings is 1. The summed E-state index contributed by atoms with van der Waals surface area (Å²) in [6.07, 6.45) is 3.68. The van der Waals surface area contributed by atoms with Crippen LogP contribution in [0.2, 0.25) is 0 Å². The van der Waals surface area contributed by atoms with Crippen molar-refractivity contribution in [3.63, 3.8) is 0 Å². The van der Waals surface area contributed by atoms with E-state index in [1.807, 2.05) is 53.2 Å². The second-order valence-electron chi connectivity index (χ2n) is 8.70. The molecule has 1 atom stereocenters. The lowest BCUT2D eigenvalue weighted by Gasteiger charge is -2.33. The SMILES string of the molecule is Cl.NC(=O)[C@@H]1CCCCN1CCCNC(=O)c1sccc1-c1nc(-c2cc(-c3ccccc3)no2)cs1. The number of thiazole rings is 1. The van der Waals surface area contributed by atoms with Crippen LogP contribution < -0.4 is 11.1 Å². The largest absolute Gasteiger partial charge is 0.368 e. The van der Waals surface area contributed by atoms with Crippen LogP contribution in [-0.4, -0.2) is 52.5 Å². The minimum Gasteiger partial charge on any atom is -0.368 e. The van der Waals surface area contributed by atoms with Gasteiger partial charge in [-0.1, -0.05) is 41.9 Å². The van der Waals surface area contributed by atoms with Crippen molar-refractivity contribution in [2.24, 2.45) is 5.73 Å². The van der Waals surface area contributed by atoms with Crippen LogP contribution in [0.3, 0.4) is 0 Å². The number of nitrogens with one attached hydrogen (secondary N) is 1. The molecule has 0 saturated carbocycles. The Balaban J connectivity index is 0.00000320. The summed E-state index contributed by atoms with van der Waals surface area (Å²) >= 11 is 2.86. The van der Waals surface area contributed by atoms with Gasteiger partial charge in [0.05, 0.1) is 6.04 Å². The molecule has 0 aliphatic carbocycles.